The molecule has 0 saturated carbocycles. The van der Waals surface area contributed by atoms with Gasteiger partial charge in [0, 0.05) is 10.0 Å². The number of benzene rings is 3. The Morgan fingerprint density at radius 3 is 2.07 bits per heavy atom. The number of aryl methyl sites for hydroxylation is 1. The van der Waals surface area contributed by atoms with Gasteiger partial charge in [0.05, 0.1) is 17.7 Å². The summed E-state index contributed by atoms with van der Waals surface area (Å²) in [4.78, 5) is 24.3. The lowest BCUT2D eigenvalue weighted by Gasteiger charge is -2.07. The molecule has 0 unspecified atom stereocenters. The summed E-state index contributed by atoms with van der Waals surface area (Å²) in [7, 11) is 0. The Balaban J connectivity index is 1.50. The van der Waals surface area contributed by atoms with Crippen LogP contribution in [-0.2, 0) is 11.2 Å². The molecule has 0 heterocycles. The van der Waals surface area contributed by atoms with Crippen LogP contribution in [0.25, 0.3) is 0 Å². The highest BCUT2D eigenvalue weighted by Crippen LogP contribution is 2.21. The first-order valence-corrected chi connectivity index (χ1v) is 9.76. The Bertz CT molecular complexity index is 965. The van der Waals surface area contributed by atoms with Gasteiger partial charge in [0.15, 0.2) is 0 Å². The second-order valence-corrected chi connectivity index (χ2v) is 7.17. The lowest BCUT2D eigenvalue weighted by molar-refractivity contribution is 0.0500. The predicted octanol–water partition coefficient (Wildman–Crippen LogP) is 6.00. The molecule has 3 aromatic rings. The molecule has 3 rings (SSSR count). The third-order valence-electron chi connectivity index (χ3n) is 4.08. The predicted molar refractivity (Wildman–Crippen MR) is 113 cm³/mol. The molecule has 0 amide bonds. The molecule has 6 heteroatoms. The Hall–Kier alpha value is -2.82. The quantitative estimate of drug-likeness (QED) is 0.263. The SMILES string of the molecule is O=C(OCCCc1ccccc1)c1ccc(OC(=O)c2cc(Cl)cc(Cl)c2)cc1. The molecular formula is C23H18Cl2O4. The van der Waals surface area contributed by atoms with Gasteiger partial charge < -0.3 is 9.47 Å². The van der Waals surface area contributed by atoms with Crippen LogP contribution in [0.3, 0.4) is 0 Å². The van der Waals surface area contributed by atoms with E-state index < -0.39 is 11.9 Å². The van der Waals surface area contributed by atoms with Crippen molar-refractivity contribution in [1.29, 1.82) is 0 Å². The molecule has 0 spiro atoms. The molecule has 148 valence electrons. The fourth-order valence-corrected chi connectivity index (χ4v) is 3.19. The van der Waals surface area contributed by atoms with Gasteiger partial charge in [0.25, 0.3) is 0 Å². The fourth-order valence-electron chi connectivity index (χ4n) is 2.67. The number of halogens is 2. The number of carbonyl (C=O) groups is 2. The molecular weight excluding hydrogens is 411 g/mol. The second kappa shape index (κ2) is 10.1. The van der Waals surface area contributed by atoms with Gasteiger partial charge >= 0.3 is 11.9 Å². The molecule has 0 N–H and O–H groups in total. The van der Waals surface area contributed by atoms with E-state index in [0.717, 1.165) is 12.8 Å². The summed E-state index contributed by atoms with van der Waals surface area (Å²) in [5.41, 5.74) is 1.83. The first-order chi connectivity index (χ1) is 14.0. The van der Waals surface area contributed by atoms with Crippen molar-refractivity contribution in [1.82, 2.24) is 0 Å². The van der Waals surface area contributed by atoms with Crippen LogP contribution in [0.1, 0.15) is 32.7 Å². The average molecular weight is 429 g/mol. The fraction of sp³-hybridized carbons (Fsp3) is 0.130. The third-order valence-corrected chi connectivity index (χ3v) is 4.52. The molecule has 0 atom stereocenters. The van der Waals surface area contributed by atoms with E-state index in [1.807, 2.05) is 30.3 Å². The first kappa shape index (κ1) is 20.9. The summed E-state index contributed by atoms with van der Waals surface area (Å²) in [6.07, 6.45) is 1.59. The maximum absolute atomic E-state index is 12.2. The molecule has 29 heavy (non-hydrogen) atoms. The van der Waals surface area contributed by atoms with Gasteiger partial charge in [-0.15, -0.1) is 0 Å². The Labute approximate surface area is 179 Å². The summed E-state index contributed by atoms with van der Waals surface area (Å²) in [5, 5.41) is 0.685. The summed E-state index contributed by atoms with van der Waals surface area (Å²) in [6, 6.07) is 20.6. The molecule has 0 radical (unpaired) electrons. The number of hydrogen-bond donors (Lipinski definition) is 0. The highest BCUT2D eigenvalue weighted by molar-refractivity contribution is 6.35. The molecule has 0 saturated heterocycles. The monoisotopic (exact) mass is 428 g/mol. The minimum absolute atomic E-state index is 0.240. The number of carbonyl (C=O) groups excluding carboxylic acids is 2. The average Bonchev–Trinajstić information content (AvgIpc) is 2.71. The summed E-state index contributed by atoms with van der Waals surface area (Å²) < 4.78 is 10.6. The van der Waals surface area contributed by atoms with Crippen molar-refractivity contribution in [2.24, 2.45) is 0 Å². The maximum Gasteiger partial charge on any atom is 0.343 e. The molecule has 4 nitrogen and oxygen atoms in total. The minimum atomic E-state index is -0.592. The summed E-state index contributed by atoms with van der Waals surface area (Å²) >= 11 is 11.8. The number of rotatable bonds is 7. The highest BCUT2D eigenvalue weighted by Gasteiger charge is 2.12. The van der Waals surface area contributed by atoms with E-state index in [1.165, 1.54) is 35.9 Å². The lowest BCUT2D eigenvalue weighted by Crippen LogP contribution is -2.09. The summed E-state index contributed by atoms with van der Waals surface area (Å²) in [6.45, 7) is 0.333. The van der Waals surface area contributed by atoms with E-state index >= 15 is 0 Å². The third kappa shape index (κ3) is 6.34. The van der Waals surface area contributed by atoms with Crippen molar-refractivity contribution in [2.45, 2.75) is 12.8 Å². The van der Waals surface area contributed by atoms with Crippen LogP contribution >= 0.6 is 23.2 Å². The van der Waals surface area contributed by atoms with Crippen LogP contribution in [0.2, 0.25) is 10.0 Å². The van der Waals surface area contributed by atoms with Crippen LogP contribution < -0.4 is 4.74 Å². The first-order valence-electron chi connectivity index (χ1n) is 9.00. The molecule has 0 aliphatic carbocycles. The standard InChI is InChI=1S/C23H18Cl2O4/c24-19-13-18(14-20(25)15-19)23(27)29-21-10-8-17(9-11-21)22(26)28-12-4-7-16-5-2-1-3-6-16/h1-3,5-6,8-11,13-15H,4,7,12H2. The normalized spacial score (nSPS) is 10.4. The minimum Gasteiger partial charge on any atom is -0.462 e. The van der Waals surface area contributed by atoms with Crippen molar-refractivity contribution >= 4 is 35.1 Å². The van der Waals surface area contributed by atoms with Crippen molar-refractivity contribution in [3.8, 4) is 5.75 Å². The van der Waals surface area contributed by atoms with Crippen LogP contribution in [0.15, 0.2) is 72.8 Å². The molecule has 0 aromatic heterocycles. The number of esters is 2. The molecule has 0 aliphatic heterocycles. The van der Waals surface area contributed by atoms with E-state index in [0.29, 0.717) is 28.0 Å². The largest absolute Gasteiger partial charge is 0.462 e. The van der Waals surface area contributed by atoms with E-state index in [1.54, 1.807) is 12.1 Å². The highest BCUT2D eigenvalue weighted by atomic mass is 35.5. The van der Waals surface area contributed by atoms with E-state index in [2.05, 4.69) is 0 Å². The lowest BCUT2D eigenvalue weighted by atomic mass is 10.1. The zero-order chi connectivity index (χ0) is 20.6. The van der Waals surface area contributed by atoms with E-state index in [9.17, 15) is 9.59 Å². The van der Waals surface area contributed by atoms with Crippen LogP contribution in [-0.4, -0.2) is 18.5 Å². The second-order valence-electron chi connectivity index (χ2n) is 6.30. The molecule has 0 fully saturated rings. The van der Waals surface area contributed by atoms with Gasteiger partial charge in [0.1, 0.15) is 5.75 Å². The Kier molecular flexibility index (Phi) is 7.28. The number of hydrogen-bond acceptors (Lipinski definition) is 4. The van der Waals surface area contributed by atoms with Crippen molar-refractivity contribution in [3.05, 3.63) is 99.5 Å². The van der Waals surface area contributed by atoms with E-state index in [4.69, 9.17) is 32.7 Å². The smallest absolute Gasteiger partial charge is 0.343 e. The van der Waals surface area contributed by atoms with Gasteiger partial charge in [-0.05, 0) is 60.9 Å². The zero-order valence-electron chi connectivity index (χ0n) is 15.4. The van der Waals surface area contributed by atoms with Crippen molar-refractivity contribution in [2.75, 3.05) is 6.61 Å². The van der Waals surface area contributed by atoms with Crippen molar-refractivity contribution < 1.29 is 19.1 Å². The van der Waals surface area contributed by atoms with Gasteiger partial charge in [-0.1, -0.05) is 53.5 Å². The topological polar surface area (TPSA) is 52.6 Å². The van der Waals surface area contributed by atoms with Gasteiger partial charge in [-0.25, -0.2) is 9.59 Å². The van der Waals surface area contributed by atoms with Gasteiger partial charge in [0.2, 0.25) is 0 Å². The Morgan fingerprint density at radius 1 is 0.759 bits per heavy atom. The van der Waals surface area contributed by atoms with Crippen LogP contribution in [0.4, 0.5) is 0 Å². The van der Waals surface area contributed by atoms with Gasteiger partial charge in [-0.2, -0.15) is 0 Å². The van der Waals surface area contributed by atoms with Gasteiger partial charge in [-0.3, -0.25) is 0 Å². The summed E-state index contributed by atoms with van der Waals surface area (Å²) in [5.74, 6) is -0.713. The Morgan fingerprint density at radius 2 is 1.41 bits per heavy atom. The molecule has 0 bridgehead atoms. The number of ether oxygens (including phenoxy) is 2. The molecule has 0 aliphatic rings. The zero-order valence-corrected chi connectivity index (χ0v) is 17.0. The van der Waals surface area contributed by atoms with Crippen LogP contribution in [0, 0.1) is 0 Å². The van der Waals surface area contributed by atoms with Crippen LogP contribution in [0.5, 0.6) is 5.75 Å². The maximum atomic E-state index is 12.2. The molecule has 3 aromatic carbocycles. The van der Waals surface area contributed by atoms with E-state index in [-0.39, 0.29) is 5.56 Å². The van der Waals surface area contributed by atoms with Crippen molar-refractivity contribution in [3.63, 3.8) is 0 Å².